The third kappa shape index (κ3) is 5.14. The Bertz CT molecular complexity index is 1380. The van der Waals surface area contributed by atoms with Crippen molar-refractivity contribution in [2.75, 3.05) is 67.7 Å². The van der Waals surface area contributed by atoms with Crippen molar-refractivity contribution in [2.45, 2.75) is 6.54 Å². The summed E-state index contributed by atoms with van der Waals surface area (Å²) in [5.41, 5.74) is 5.32. The summed E-state index contributed by atoms with van der Waals surface area (Å²) in [6, 6.07) is 18.2. The highest BCUT2D eigenvalue weighted by molar-refractivity contribution is 6.07. The number of nitrogens with one attached hydrogen (secondary N) is 1. The normalized spacial score (nSPS) is 16.2. The number of amides is 1. The number of hydrogen-bond acceptors (Lipinski definition) is 7. The standard InChI is InChI=1S/C28H30N6O3/c35-28(23-16-22-19-30-34(27(22)29-18-23)20-21-4-2-1-3-5-21)31-25-7-6-24(32-8-12-36-13-9-32)17-26(25)33-10-14-37-15-11-33/h1-7,16-19H,8-15,20H2,(H,31,35). The minimum atomic E-state index is -0.196. The van der Waals surface area contributed by atoms with Crippen molar-refractivity contribution < 1.29 is 14.3 Å². The maximum absolute atomic E-state index is 13.3. The number of rotatable bonds is 6. The molecule has 2 aliphatic rings. The van der Waals surface area contributed by atoms with Crippen LogP contribution in [0.1, 0.15) is 15.9 Å². The second-order valence-electron chi connectivity index (χ2n) is 9.28. The Kier molecular flexibility index (Phi) is 6.70. The number of benzene rings is 2. The van der Waals surface area contributed by atoms with Gasteiger partial charge in [-0.2, -0.15) is 5.10 Å². The van der Waals surface area contributed by atoms with E-state index in [4.69, 9.17) is 9.47 Å². The molecule has 4 aromatic rings. The van der Waals surface area contributed by atoms with E-state index in [1.165, 1.54) is 0 Å². The van der Waals surface area contributed by atoms with Gasteiger partial charge in [-0.25, -0.2) is 9.67 Å². The molecular weight excluding hydrogens is 468 g/mol. The van der Waals surface area contributed by atoms with Gasteiger partial charge in [0.05, 0.1) is 56.1 Å². The van der Waals surface area contributed by atoms with Gasteiger partial charge in [0.1, 0.15) is 0 Å². The van der Waals surface area contributed by atoms with Crippen LogP contribution in [0.2, 0.25) is 0 Å². The zero-order chi connectivity index (χ0) is 25.0. The van der Waals surface area contributed by atoms with Crippen LogP contribution < -0.4 is 15.1 Å². The number of carbonyl (C=O) groups excluding carboxylic acids is 1. The lowest BCUT2D eigenvalue weighted by Crippen LogP contribution is -2.38. The second kappa shape index (κ2) is 10.6. The van der Waals surface area contributed by atoms with E-state index in [0.717, 1.165) is 73.1 Å². The molecule has 2 aliphatic heterocycles. The molecule has 190 valence electrons. The van der Waals surface area contributed by atoms with E-state index in [2.05, 4.69) is 49.5 Å². The Morgan fingerprint density at radius 2 is 1.59 bits per heavy atom. The molecule has 2 aromatic carbocycles. The van der Waals surface area contributed by atoms with Crippen molar-refractivity contribution >= 4 is 34.0 Å². The highest BCUT2D eigenvalue weighted by Gasteiger charge is 2.20. The summed E-state index contributed by atoms with van der Waals surface area (Å²) in [6.07, 6.45) is 3.38. The Labute approximate surface area is 215 Å². The molecule has 37 heavy (non-hydrogen) atoms. The Morgan fingerprint density at radius 3 is 2.35 bits per heavy atom. The van der Waals surface area contributed by atoms with Gasteiger partial charge in [0, 0.05) is 43.4 Å². The fourth-order valence-corrected chi connectivity index (χ4v) is 4.87. The van der Waals surface area contributed by atoms with E-state index in [1.807, 2.05) is 35.0 Å². The van der Waals surface area contributed by atoms with Gasteiger partial charge in [-0.1, -0.05) is 30.3 Å². The molecule has 9 heteroatoms. The van der Waals surface area contributed by atoms with Gasteiger partial charge in [-0.3, -0.25) is 4.79 Å². The van der Waals surface area contributed by atoms with Crippen LogP contribution in [-0.2, 0) is 16.0 Å². The first-order valence-electron chi connectivity index (χ1n) is 12.7. The van der Waals surface area contributed by atoms with E-state index in [-0.39, 0.29) is 5.91 Å². The number of hydrogen-bond donors (Lipinski definition) is 1. The number of aromatic nitrogens is 3. The molecule has 0 radical (unpaired) electrons. The predicted octanol–water partition coefficient (Wildman–Crippen LogP) is 3.41. The van der Waals surface area contributed by atoms with Gasteiger partial charge < -0.3 is 24.6 Å². The minimum absolute atomic E-state index is 0.196. The molecule has 0 aliphatic carbocycles. The number of nitrogens with zero attached hydrogens (tertiary/aromatic N) is 5. The van der Waals surface area contributed by atoms with E-state index in [0.29, 0.717) is 25.3 Å². The molecule has 0 atom stereocenters. The number of carbonyl (C=O) groups is 1. The summed E-state index contributed by atoms with van der Waals surface area (Å²) >= 11 is 0. The molecule has 0 unspecified atom stereocenters. The average Bonchev–Trinajstić information content (AvgIpc) is 3.36. The van der Waals surface area contributed by atoms with Gasteiger partial charge >= 0.3 is 0 Å². The van der Waals surface area contributed by atoms with Crippen LogP contribution in [0.25, 0.3) is 11.0 Å². The molecule has 6 rings (SSSR count). The average molecular weight is 499 g/mol. The number of morpholine rings is 2. The SMILES string of the molecule is O=C(Nc1ccc(N2CCOCC2)cc1N1CCOCC1)c1cnc2c(cnn2Cc2ccccc2)c1. The molecule has 1 N–H and O–H groups in total. The maximum atomic E-state index is 13.3. The monoisotopic (exact) mass is 498 g/mol. The number of pyridine rings is 1. The zero-order valence-corrected chi connectivity index (χ0v) is 20.7. The summed E-state index contributed by atoms with van der Waals surface area (Å²) in [7, 11) is 0. The van der Waals surface area contributed by atoms with Crippen LogP contribution >= 0.6 is 0 Å². The quantitative estimate of drug-likeness (QED) is 0.436. The summed E-state index contributed by atoms with van der Waals surface area (Å²) in [6.45, 7) is 6.70. The highest BCUT2D eigenvalue weighted by Crippen LogP contribution is 2.32. The first-order chi connectivity index (χ1) is 18.2. The molecule has 4 heterocycles. The Hall–Kier alpha value is -3.95. The molecular formula is C28H30N6O3. The molecule has 0 bridgehead atoms. The largest absolute Gasteiger partial charge is 0.378 e. The molecule has 1 amide bonds. The zero-order valence-electron chi connectivity index (χ0n) is 20.7. The molecule has 2 fully saturated rings. The van der Waals surface area contributed by atoms with Crippen molar-refractivity contribution in [3.63, 3.8) is 0 Å². The first kappa shape index (κ1) is 23.4. The van der Waals surface area contributed by atoms with E-state index in [1.54, 1.807) is 12.4 Å². The molecule has 2 aromatic heterocycles. The lowest BCUT2D eigenvalue weighted by Gasteiger charge is -2.33. The number of anilines is 3. The number of fused-ring (bicyclic) bond motifs is 1. The fraction of sp³-hybridized carbons (Fsp3) is 0.321. The van der Waals surface area contributed by atoms with Crippen molar-refractivity contribution in [1.82, 2.24) is 14.8 Å². The van der Waals surface area contributed by atoms with Gasteiger partial charge in [0.15, 0.2) is 5.65 Å². The number of ether oxygens (including phenoxy) is 2. The van der Waals surface area contributed by atoms with Gasteiger partial charge in [0.25, 0.3) is 5.91 Å². The Balaban J connectivity index is 1.24. The van der Waals surface area contributed by atoms with Crippen molar-refractivity contribution in [3.8, 4) is 0 Å². The third-order valence-corrected chi connectivity index (χ3v) is 6.87. The van der Waals surface area contributed by atoms with Crippen molar-refractivity contribution in [2.24, 2.45) is 0 Å². The van der Waals surface area contributed by atoms with Gasteiger partial charge in [0.2, 0.25) is 0 Å². The summed E-state index contributed by atoms with van der Waals surface area (Å²) in [5.74, 6) is -0.196. The lowest BCUT2D eigenvalue weighted by atomic mass is 10.1. The first-order valence-corrected chi connectivity index (χ1v) is 12.7. The van der Waals surface area contributed by atoms with E-state index in [9.17, 15) is 4.79 Å². The van der Waals surface area contributed by atoms with E-state index >= 15 is 0 Å². The minimum Gasteiger partial charge on any atom is -0.378 e. The van der Waals surface area contributed by atoms with Gasteiger partial charge in [-0.15, -0.1) is 0 Å². The molecule has 0 saturated carbocycles. The smallest absolute Gasteiger partial charge is 0.257 e. The summed E-state index contributed by atoms with van der Waals surface area (Å²) in [5, 5.41) is 8.46. The van der Waals surface area contributed by atoms with Crippen molar-refractivity contribution in [3.05, 3.63) is 78.1 Å². The van der Waals surface area contributed by atoms with Gasteiger partial charge in [-0.05, 0) is 29.8 Å². The molecule has 9 nitrogen and oxygen atoms in total. The topological polar surface area (TPSA) is 84.8 Å². The highest BCUT2D eigenvalue weighted by atomic mass is 16.5. The summed E-state index contributed by atoms with van der Waals surface area (Å²) in [4.78, 5) is 22.5. The van der Waals surface area contributed by atoms with Crippen LogP contribution in [0.15, 0.2) is 67.0 Å². The molecule has 0 spiro atoms. The van der Waals surface area contributed by atoms with Crippen LogP contribution in [0.3, 0.4) is 0 Å². The molecule has 2 saturated heterocycles. The Morgan fingerprint density at radius 1 is 0.865 bits per heavy atom. The summed E-state index contributed by atoms with van der Waals surface area (Å²) < 4.78 is 12.9. The van der Waals surface area contributed by atoms with Crippen LogP contribution in [0, 0.1) is 0 Å². The van der Waals surface area contributed by atoms with Crippen LogP contribution in [-0.4, -0.2) is 73.3 Å². The van der Waals surface area contributed by atoms with Crippen molar-refractivity contribution in [1.29, 1.82) is 0 Å². The second-order valence-corrected chi connectivity index (χ2v) is 9.28. The lowest BCUT2D eigenvalue weighted by molar-refractivity contribution is 0.102. The van der Waals surface area contributed by atoms with Crippen LogP contribution in [0.5, 0.6) is 0 Å². The third-order valence-electron chi connectivity index (χ3n) is 6.87. The fourth-order valence-electron chi connectivity index (χ4n) is 4.87. The van der Waals surface area contributed by atoms with Crippen LogP contribution in [0.4, 0.5) is 17.1 Å². The predicted molar refractivity (Wildman–Crippen MR) is 144 cm³/mol. The van der Waals surface area contributed by atoms with E-state index < -0.39 is 0 Å². The maximum Gasteiger partial charge on any atom is 0.257 e.